The average molecular weight is 274 g/mol. The number of nitrogens with one attached hydrogen (secondary N) is 1. The maximum atomic E-state index is 11.6. The average Bonchev–Trinajstić information content (AvgIpc) is 2.31. The molecule has 0 bridgehead atoms. The summed E-state index contributed by atoms with van der Waals surface area (Å²) < 4.78 is 29.7. The van der Waals surface area contributed by atoms with Gasteiger partial charge in [0.05, 0.1) is 12.9 Å². The summed E-state index contributed by atoms with van der Waals surface area (Å²) >= 11 is 0. The number of esters is 1. The van der Waals surface area contributed by atoms with Gasteiger partial charge >= 0.3 is 5.97 Å². The molecule has 1 heterocycles. The number of pyridine rings is 1. The van der Waals surface area contributed by atoms with Crippen LogP contribution in [0.5, 0.6) is 5.75 Å². The van der Waals surface area contributed by atoms with Gasteiger partial charge in [0.2, 0.25) is 10.0 Å². The van der Waals surface area contributed by atoms with Crippen molar-refractivity contribution in [3.8, 4) is 5.75 Å². The van der Waals surface area contributed by atoms with Crippen molar-refractivity contribution in [3.63, 3.8) is 0 Å². The number of methoxy groups -OCH3 is 1. The quantitative estimate of drug-likeness (QED) is 0.731. The number of aromatic nitrogens is 1. The lowest BCUT2D eigenvalue weighted by Gasteiger charge is -2.07. The minimum atomic E-state index is -3.64. The van der Waals surface area contributed by atoms with Crippen molar-refractivity contribution in [2.24, 2.45) is 0 Å². The van der Waals surface area contributed by atoms with Gasteiger partial charge in [0.25, 0.3) is 0 Å². The SMILES string of the molecule is COC(=O)CCCS(=O)(=O)Nc1ncccc1O. The second kappa shape index (κ2) is 6.20. The number of carbonyl (C=O) groups is 1. The molecule has 0 spiro atoms. The number of ether oxygens (including phenoxy) is 1. The van der Waals surface area contributed by atoms with E-state index < -0.39 is 16.0 Å². The van der Waals surface area contributed by atoms with Gasteiger partial charge in [0, 0.05) is 12.6 Å². The van der Waals surface area contributed by atoms with Crippen LogP contribution in [0.2, 0.25) is 0 Å². The van der Waals surface area contributed by atoms with Gasteiger partial charge in [-0.15, -0.1) is 0 Å². The molecule has 1 aromatic rings. The van der Waals surface area contributed by atoms with E-state index >= 15 is 0 Å². The third kappa shape index (κ3) is 4.58. The van der Waals surface area contributed by atoms with E-state index in [4.69, 9.17) is 0 Å². The molecular formula is C10H14N2O5S. The van der Waals surface area contributed by atoms with Crippen LogP contribution >= 0.6 is 0 Å². The predicted octanol–water partition coefficient (Wildman–Crippen LogP) is 0.482. The number of sulfonamides is 1. The summed E-state index contributed by atoms with van der Waals surface area (Å²) in [5, 5.41) is 9.36. The molecule has 0 radical (unpaired) electrons. The Bertz CT molecular complexity index is 515. The van der Waals surface area contributed by atoms with E-state index in [2.05, 4.69) is 14.4 Å². The summed E-state index contributed by atoms with van der Waals surface area (Å²) in [6.45, 7) is 0. The first-order valence-corrected chi connectivity index (χ1v) is 6.81. The molecule has 0 amide bonds. The minimum absolute atomic E-state index is 0.0195. The highest BCUT2D eigenvalue weighted by Gasteiger charge is 2.14. The molecule has 100 valence electrons. The van der Waals surface area contributed by atoms with Crippen LogP contribution in [0.4, 0.5) is 5.82 Å². The van der Waals surface area contributed by atoms with Crippen LogP contribution in [0.1, 0.15) is 12.8 Å². The van der Waals surface area contributed by atoms with E-state index in [1.54, 1.807) is 0 Å². The Labute approximate surface area is 105 Å². The summed E-state index contributed by atoms with van der Waals surface area (Å²) in [6, 6.07) is 2.80. The molecule has 0 atom stereocenters. The van der Waals surface area contributed by atoms with Gasteiger partial charge in [-0.1, -0.05) is 0 Å². The van der Waals surface area contributed by atoms with Crippen LogP contribution in [-0.2, 0) is 19.6 Å². The summed E-state index contributed by atoms with van der Waals surface area (Å²) in [5.74, 6) is -1.10. The predicted molar refractivity (Wildman–Crippen MR) is 64.6 cm³/mol. The Hall–Kier alpha value is -1.83. The maximum Gasteiger partial charge on any atom is 0.305 e. The second-order valence-corrected chi connectivity index (χ2v) is 5.31. The molecule has 8 heteroatoms. The molecule has 0 unspecified atom stereocenters. The standard InChI is InChI=1S/C10H14N2O5S/c1-17-9(14)5-3-7-18(15,16)12-10-8(13)4-2-6-11-10/h2,4,6,13H,3,5,7H2,1H3,(H,11,12). The lowest BCUT2D eigenvalue weighted by molar-refractivity contribution is -0.140. The molecule has 0 aliphatic carbocycles. The van der Waals surface area contributed by atoms with E-state index in [-0.39, 0.29) is 30.2 Å². The Morgan fingerprint density at radius 1 is 1.56 bits per heavy atom. The molecule has 0 aromatic carbocycles. The molecule has 0 fully saturated rings. The molecule has 0 aliphatic rings. The van der Waals surface area contributed by atoms with E-state index in [0.29, 0.717) is 0 Å². The first-order valence-electron chi connectivity index (χ1n) is 5.16. The van der Waals surface area contributed by atoms with E-state index in [1.807, 2.05) is 0 Å². The molecule has 7 nitrogen and oxygen atoms in total. The van der Waals surface area contributed by atoms with Crippen LogP contribution in [0.15, 0.2) is 18.3 Å². The van der Waals surface area contributed by atoms with Crippen molar-refractivity contribution < 1.29 is 23.1 Å². The molecule has 1 rings (SSSR count). The number of aromatic hydroxyl groups is 1. The summed E-state index contributed by atoms with van der Waals surface area (Å²) in [6.07, 6.45) is 1.51. The van der Waals surface area contributed by atoms with Crippen molar-refractivity contribution in [1.29, 1.82) is 0 Å². The van der Waals surface area contributed by atoms with Crippen LogP contribution in [0, 0.1) is 0 Å². The molecule has 0 saturated heterocycles. The molecule has 0 aliphatic heterocycles. The highest BCUT2D eigenvalue weighted by atomic mass is 32.2. The van der Waals surface area contributed by atoms with Crippen LogP contribution in [0.3, 0.4) is 0 Å². The smallest absolute Gasteiger partial charge is 0.305 e. The number of rotatable bonds is 6. The van der Waals surface area contributed by atoms with Gasteiger partial charge < -0.3 is 9.84 Å². The highest BCUT2D eigenvalue weighted by Crippen LogP contribution is 2.19. The van der Waals surface area contributed by atoms with E-state index in [1.165, 1.54) is 25.4 Å². The zero-order valence-electron chi connectivity index (χ0n) is 9.79. The van der Waals surface area contributed by atoms with E-state index in [9.17, 15) is 18.3 Å². The number of carbonyl (C=O) groups excluding carboxylic acids is 1. The van der Waals surface area contributed by atoms with Gasteiger partial charge in [-0.05, 0) is 18.6 Å². The fourth-order valence-electron chi connectivity index (χ4n) is 1.18. The third-order valence-electron chi connectivity index (χ3n) is 2.06. The number of hydrogen-bond donors (Lipinski definition) is 2. The third-order valence-corrected chi connectivity index (χ3v) is 3.39. The largest absolute Gasteiger partial charge is 0.504 e. The summed E-state index contributed by atoms with van der Waals surface area (Å²) in [7, 11) is -2.40. The van der Waals surface area contributed by atoms with Crippen LogP contribution in [-0.4, -0.2) is 37.3 Å². The molecular weight excluding hydrogens is 260 g/mol. The normalized spacial score (nSPS) is 10.9. The van der Waals surface area contributed by atoms with Gasteiger partial charge in [0.1, 0.15) is 0 Å². The van der Waals surface area contributed by atoms with Crippen molar-refractivity contribution in [3.05, 3.63) is 18.3 Å². The fraction of sp³-hybridized carbons (Fsp3) is 0.400. The van der Waals surface area contributed by atoms with Crippen molar-refractivity contribution in [2.75, 3.05) is 17.6 Å². The summed E-state index contributed by atoms with van der Waals surface area (Å²) in [4.78, 5) is 14.5. The molecule has 1 aromatic heterocycles. The van der Waals surface area contributed by atoms with Gasteiger partial charge in [0.15, 0.2) is 11.6 Å². The zero-order valence-corrected chi connectivity index (χ0v) is 10.6. The molecule has 0 saturated carbocycles. The Balaban J connectivity index is 2.55. The van der Waals surface area contributed by atoms with Crippen LogP contribution in [0.25, 0.3) is 0 Å². The minimum Gasteiger partial charge on any atom is -0.504 e. The summed E-state index contributed by atoms with van der Waals surface area (Å²) in [5.41, 5.74) is 0. The van der Waals surface area contributed by atoms with Gasteiger partial charge in [-0.25, -0.2) is 13.4 Å². The first-order chi connectivity index (χ1) is 8.44. The van der Waals surface area contributed by atoms with Gasteiger partial charge in [-0.2, -0.15) is 0 Å². The first kappa shape index (κ1) is 14.2. The number of anilines is 1. The highest BCUT2D eigenvalue weighted by molar-refractivity contribution is 7.92. The monoisotopic (exact) mass is 274 g/mol. The number of hydrogen-bond acceptors (Lipinski definition) is 6. The van der Waals surface area contributed by atoms with Crippen molar-refractivity contribution in [1.82, 2.24) is 4.98 Å². The van der Waals surface area contributed by atoms with Gasteiger partial charge in [-0.3, -0.25) is 9.52 Å². The fourth-order valence-corrected chi connectivity index (χ4v) is 2.26. The molecule has 2 N–H and O–H groups in total. The van der Waals surface area contributed by atoms with Crippen molar-refractivity contribution >= 4 is 21.8 Å². The molecule has 18 heavy (non-hydrogen) atoms. The second-order valence-electron chi connectivity index (χ2n) is 3.47. The zero-order chi connectivity index (χ0) is 13.6. The van der Waals surface area contributed by atoms with E-state index in [0.717, 1.165) is 0 Å². The topological polar surface area (TPSA) is 106 Å². The lowest BCUT2D eigenvalue weighted by Crippen LogP contribution is -2.18. The lowest BCUT2D eigenvalue weighted by atomic mass is 10.3. The Kier molecular flexibility index (Phi) is 4.90. The van der Waals surface area contributed by atoms with Crippen LogP contribution < -0.4 is 4.72 Å². The Morgan fingerprint density at radius 3 is 2.89 bits per heavy atom. The van der Waals surface area contributed by atoms with Crippen molar-refractivity contribution in [2.45, 2.75) is 12.8 Å². The number of nitrogens with zero attached hydrogens (tertiary/aromatic N) is 1. The maximum absolute atomic E-state index is 11.6. The Morgan fingerprint density at radius 2 is 2.28 bits per heavy atom.